The number of fused-ring (bicyclic) bond motifs is 3. The molecular formula is C24H28N2O3. The highest BCUT2D eigenvalue weighted by Gasteiger charge is 2.33. The molecule has 2 aromatic carbocycles. The molecule has 1 aromatic heterocycles. The summed E-state index contributed by atoms with van der Waals surface area (Å²) in [5.41, 5.74) is 1.48. The zero-order chi connectivity index (χ0) is 20.6. The van der Waals surface area contributed by atoms with Gasteiger partial charge in [-0.05, 0) is 63.3 Å². The van der Waals surface area contributed by atoms with E-state index in [-0.39, 0.29) is 12.1 Å². The monoisotopic (exact) mass is 392 g/mol. The van der Waals surface area contributed by atoms with Crippen LogP contribution in [0.25, 0.3) is 21.7 Å². The molecule has 0 bridgehead atoms. The molecule has 1 saturated heterocycles. The van der Waals surface area contributed by atoms with Crippen LogP contribution < -0.4 is 4.74 Å². The van der Waals surface area contributed by atoms with Crippen LogP contribution in [0.15, 0.2) is 42.5 Å². The first-order valence-electron chi connectivity index (χ1n) is 10.2. The van der Waals surface area contributed by atoms with Crippen LogP contribution in [0.5, 0.6) is 5.75 Å². The fourth-order valence-electron chi connectivity index (χ4n) is 4.12. The van der Waals surface area contributed by atoms with Gasteiger partial charge in [0.15, 0.2) is 0 Å². The quantitative estimate of drug-likeness (QED) is 0.565. The number of carbonyl (C=O) groups excluding carboxylic acids is 1. The summed E-state index contributed by atoms with van der Waals surface area (Å²) >= 11 is 0. The molecule has 1 unspecified atom stereocenters. The van der Waals surface area contributed by atoms with Gasteiger partial charge in [-0.15, -0.1) is 0 Å². The number of nitrogens with zero attached hydrogens (tertiary/aromatic N) is 2. The lowest BCUT2D eigenvalue weighted by atomic mass is 9.99. The first-order chi connectivity index (χ1) is 13.9. The number of pyridine rings is 1. The molecule has 2 heterocycles. The van der Waals surface area contributed by atoms with E-state index in [0.717, 1.165) is 52.5 Å². The Balaban J connectivity index is 1.73. The van der Waals surface area contributed by atoms with Gasteiger partial charge in [0.25, 0.3) is 0 Å². The van der Waals surface area contributed by atoms with E-state index < -0.39 is 5.60 Å². The third-order valence-electron chi connectivity index (χ3n) is 5.42. The summed E-state index contributed by atoms with van der Waals surface area (Å²) in [6.07, 6.45) is 2.41. The number of para-hydroxylation sites is 1. The molecule has 0 radical (unpaired) electrons. The number of hydrogen-bond acceptors (Lipinski definition) is 4. The molecule has 1 amide bonds. The van der Waals surface area contributed by atoms with Gasteiger partial charge in [-0.25, -0.2) is 4.79 Å². The number of likely N-dealkylation sites (tertiary alicyclic amines) is 1. The minimum atomic E-state index is -0.495. The molecule has 5 heteroatoms. The Morgan fingerprint density at radius 1 is 1.14 bits per heavy atom. The molecule has 0 spiro atoms. The summed E-state index contributed by atoms with van der Waals surface area (Å²) < 4.78 is 11.1. The van der Waals surface area contributed by atoms with Gasteiger partial charge in [0.05, 0.1) is 18.3 Å². The van der Waals surface area contributed by atoms with Gasteiger partial charge in [-0.2, -0.15) is 0 Å². The molecule has 1 aliphatic heterocycles. The molecule has 4 rings (SSSR count). The van der Waals surface area contributed by atoms with E-state index in [0.29, 0.717) is 6.42 Å². The smallest absolute Gasteiger partial charge is 0.410 e. The molecule has 0 N–H and O–H groups in total. The number of ether oxygens (including phenoxy) is 2. The molecule has 1 fully saturated rings. The Morgan fingerprint density at radius 3 is 2.69 bits per heavy atom. The second-order valence-corrected chi connectivity index (χ2v) is 8.66. The predicted molar refractivity (Wildman–Crippen MR) is 115 cm³/mol. The van der Waals surface area contributed by atoms with E-state index >= 15 is 0 Å². The minimum absolute atomic E-state index is 0.0907. The number of hydrogen-bond donors (Lipinski definition) is 0. The Kier molecular flexibility index (Phi) is 5.07. The summed E-state index contributed by atoms with van der Waals surface area (Å²) in [5, 5.41) is 3.37. The lowest BCUT2D eigenvalue weighted by Crippen LogP contribution is -2.40. The van der Waals surface area contributed by atoms with Gasteiger partial charge < -0.3 is 14.4 Å². The van der Waals surface area contributed by atoms with Gasteiger partial charge >= 0.3 is 6.09 Å². The first kappa shape index (κ1) is 19.5. The molecular weight excluding hydrogens is 364 g/mol. The number of rotatable bonds is 3. The van der Waals surface area contributed by atoms with Crippen molar-refractivity contribution >= 4 is 27.8 Å². The largest absolute Gasteiger partial charge is 0.497 e. The molecule has 3 aromatic rings. The van der Waals surface area contributed by atoms with Crippen molar-refractivity contribution in [3.63, 3.8) is 0 Å². The van der Waals surface area contributed by atoms with Crippen molar-refractivity contribution in [1.29, 1.82) is 0 Å². The second kappa shape index (κ2) is 7.54. The molecule has 0 aliphatic carbocycles. The maximum Gasteiger partial charge on any atom is 0.410 e. The van der Waals surface area contributed by atoms with Crippen LogP contribution in [0.2, 0.25) is 0 Å². The van der Waals surface area contributed by atoms with Crippen LogP contribution in [0, 0.1) is 0 Å². The maximum atomic E-state index is 12.7. The zero-order valence-electron chi connectivity index (χ0n) is 17.6. The highest BCUT2D eigenvalue weighted by Crippen LogP contribution is 2.32. The highest BCUT2D eigenvalue weighted by molar-refractivity contribution is 6.07. The van der Waals surface area contributed by atoms with E-state index in [1.54, 1.807) is 7.11 Å². The van der Waals surface area contributed by atoms with Gasteiger partial charge in [-0.1, -0.05) is 18.2 Å². The molecule has 0 saturated carbocycles. The van der Waals surface area contributed by atoms with Crippen molar-refractivity contribution in [2.45, 2.75) is 51.7 Å². The molecule has 5 nitrogen and oxygen atoms in total. The van der Waals surface area contributed by atoms with Gasteiger partial charge in [0.2, 0.25) is 0 Å². The number of benzene rings is 2. The van der Waals surface area contributed by atoms with E-state index in [2.05, 4.69) is 18.2 Å². The third kappa shape index (κ3) is 4.00. The van der Waals surface area contributed by atoms with Crippen LogP contribution >= 0.6 is 0 Å². The van der Waals surface area contributed by atoms with Crippen molar-refractivity contribution in [3.8, 4) is 5.75 Å². The van der Waals surface area contributed by atoms with Crippen LogP contribution in [-0.2, 0) is 11.2 Å². The van der Waals surface area contributed by atoms with Crippen molar-refractivity contribution in [3.05, 3.63) is 48.2 Å². The van der Waals surface area contributed by atoms with Crippen molar-refractivity contribution in [1.82, 2.24) is 9.88 Å². The second-order valence-electron chi connectivity index (χ2n) is 8.66. The fourth-order valence-corrected chi connectivity index (χ4v) is 4.12. The predicted octanol–water partition coefficient (Wildman–Crippen LogP) is 5.34. The molecule has 29 heavy (non-hydrogen) atoms. The lowest BCUT2D eigenvalue weighted by molar-refractivity contribution is 0.0226. The zero-order valence-corrected chi connectivity index (χ0v) is 17.6. The average Bonchev–Trinajstić information content (AvgIpc) is 3.15. The third-order valence-corrected chi connectivity index (χ3v) is 5.42. The van der Waals surface area contributed by atoms with Gasteiger partial charge in [0.1, 0.15) is 11.4 Å². The SMILES string of the molecule is COc1ccc2c(c1)c(CC1CCCN1C(=O)OC(C)(C)C)nc1ccccc12. The summed E-state index contributed by atoms with van der Waals surface area (Å²) in [6.45, 7) is 6.44. The normalized spacial score (nSPS) is 17.1. The number of methoxy groups -OCH3 is 1. The van der Waals surface area contributed by atoms with Gasteiger partial charge in [0, 0.05) is 29.8 Å². The van der Waals surface area contributed by atoms with E-state index in [4.69, 9.17) is 14.5 Å². The summed E-state index contributed by atoms with van der Waals surface area (Å²) in [5.74, 6) is 0.811. The van der Waals surface area contributed by atoms with Crippen molar-refractivity contribution in [2.24, 2.45) is 0 Å². The van der Waals surface area contributed by atoms with Crippen LogP contribution in [0.3, 0.4) is 0 Å². The molecule has 1 aliphatic rings. The van der Waals surface area contributed by atoms with Crippen LogP contribution in [-0.4, -0.2) is 41.3 Å². The summed E-state index contributed by atoms with van der Waals surface area (Å²) in [6, 6.07) is 14.4. The van der Waals surface area contributed by atoms with E-state index in [1.165, 1.54) is 0 Å². The Labute approximate surface area is 171 Å². The van der Waals surface area contributed by atoms with E-state index in [1.807, 2.05) is 49.9 Å². The molecule has 1 atom stereocenters. The molecule has 152 valence electrons. The fraction of sp³-hybridized carbons (Fsp3) is 0.417. The number of amides is 1. The number of aromatic nitrogens is 1. The maximum absolute atomic E-state index is 12.7. The Hall–Kier alpha value is -2.82. The topological polar surface area (TPSA) is 51.7 Å². The number of carbonyl (C=O) groups is 1. The Bertz CT molecular complexity index is 1060. The van der Waals surface area contributed by atoms with E-state index in [9.17, 15) is 4.79 Å². The van der Waals surface area contributed by atoms with Crippen LogP contribution in [0.4, 0.5) is 4.79 Å². The van der Waals surface area contributed by atoms with Crippen molar-refractivity contribution in [2.75, 3.05) is 13.7 Å². The van der Waals surface area contributed by atoms with Gasteiger partial charge in [-0.3, -0.25) is 4.98 Å². The first-order valence-corrected chi connectivity index (χ1v) is 10.2. The minimum Gasteiger partial charge on any atom is -0.497 e. The lowest BCUT2D eigenvalue weighted by Gasteiger charge is -2.28. The summed E-state index contributed by atoms with van der Waals surface area (Å²) in [7, 11) is 1.68. The standard InChI is InChI=1S/C24H28N2O3/c1-24(2,3)29-23(27)26-13-7-8-16(26)14-22-20-15-17(28-4)11-12-18(20)19-9-5-6-10-21(19)25-22/h5-6,9-12,15-16H,7-8,13-14H2,1-4H3. The highest BCUT2D eigenvalue weighted by atomic mass is 16.6. The average molecular weight is 392 g/mol. The summed E-state index contributed by atoms with van der Waals surface area (Å²) in [4.78, 5) is 19.5. The Morgan fingerprint density at radius 2 is 1.93 bits per heavy atom. The van der Waals surface area contributed by atoms with Crippen molar-refractivity contribution < 1.29 is 14.3 Å². The van der Waals surface area contributed by atoms with Crippen LogP contribution in [0.1, 0.15) is 39.3 Å².